The molecule has 1 aromatic heterocycles. The van der Waals surface area contributed by atoms with E-state index in [-0.39, 0.29) is 18.1 Å². The molecule has 0 spiro atoms. The van der Waals surface area contributed by atoms with Crippen molar-refractivity contribution in [2.45, 2.75) is 39.9 Å². The summed E-state index contributed by atoms with van der Waals surface area (Å²) < 4.78 is 0. The SMILES string of the molecule is Cc1ccc(C2NCC(=O)N2C(C)C(C)C)s1. The molecule has 1 aliphatic heterocycles. The number of hydrogen-bond acceptors (Lipinski definition) is 3. The molecule has 2 heterocycles. The molecule has 0 radical (unpaired) electrons. The van der Waals surface area contributed by atoms with Crippen LogP contribution in [0.15, 0.2) is 12.1 Å². The number of hydrogen-bond donors (Lipinski definition) is 1. The summed E-state index contributed by atoms with van der Waals surface area (Å²) in [5, 5.41) is 3.31. The molecule has 3 nitrogen and oxygen atoms in total. The Morgan fingerprint density at radius 1 is 1.41 bits per heavy atom. The minimum Gasteiger partial charge on any atom is -0.318 e. The predicted octanol–water partition coefficient (Wildman–Crippen LogP) is 2.53. The number of aryl methyl sites for hydroxylation is 1. The molecule has 94 valence electrons. The van der Waals surface area contributed by atoms with Gasteiger partial charge in [0.15, 0.2) is 0 Å². The summed E-state index contributed by atoms with van der Waals surface area (Å²) in [5.41, 5.74) is 0. The molecule has 1 fully saturated rings. The Morgan fingerprint density at radius 2 is 2.12 bits per heavy atom. The molecule has 0 saturated carbocycles. The summed E-state index contributed by atoms with van der Waals surface area (Å²) in [6.07, 6.45) is 0.0681. The Morgan fingerprint density at radius 3 is 2.65 bits per heavy atom. The van der Waals surface area contributed by atoms with Crippen molar-refractivity contribution >= 4 is 17.2 Å². The first kappa shape index (κ1) is 12.6. The van der Waals surface area contributed by atoms with E-state index in [9.17, 15) is 4.79 Å². The lowest BCUT2D eigenvalue weighted by Gasteiger charge is -2.32. The molecule has 0 aliphatic carbocycles. The number of carbonyl (C=O) groups excluding carboxylic acids is 1. The van der Waals surface area contributed by atoms with E-state index in [1.54, 1.807) is 11.3 Å². The van der Waals surface area contributed by atoms with E-state index in [0.717, 1.165) is 0 Å². The number of carbonyl (C=O) groups is 1. The van der Waals surface area contributed by atoms with Crippen LogP contribution in [-0.2, 0) is 4.79 Å². The quantitative estimate of drug-likeness (QED) is 0.896. The van der Waals surface area contributed by atoms with Gasteiger partial charge in [0.25, 0.3) is 0 Å². The monoisotopic (exact) mass is 252 g/mol. The maximum atomic E-state index is 12.0. The van der Waals surface area contributed by atoms with E-state index in [4.69, 9.17) is 0 Å². The third-order valence-corrected chi connectivity index (χ3v) is 4.50. The van der Waals surface area contributed by atoms with Gasteiger partial charge in [-0.15, -0.1) is 11.3 Å². The highest BCUT2D eigenvalue weighted by Gasteiger charge is 2.36. The molecule has 1 amide bonds. The van der Waals surface area contributed by atoms with E-state index in [0.29, 0.717) is 12.5 Å². The van der Waals surface area contributed by atoms with Gasteiger partial charge in [-0.05, 0) is 31.9 Å². The standard InChI is InChI=1S/C13H20N2OS/c1-8(2)10(4)15-12(16)7-14-13(15)11-6-5-9(3)17-11/h5-6,8,10,13-14H,7H2,1-4H3. The summed E-state index contributed by atoms with van der Waals surface area (Å²) in [4.78, 5) is 16.5. The van der Waals surface area contributed by atoms with E-state index in [1.807, 2.05) is 4.90 Å². The van der Waals surface area contributed by atoms with Crippen molar-refractivity contribution in [1.82, 2.24) is 10.2 Å². The molecule has 1 N–H and O–H groups in total. The fourth-order valence-corrected chi connectivity index (χ4v) is 3.09. The van der Waals surface area contributed by atoms with Crippen LogP contribution in [0.2, 0.25) is 0 Å². The third-order valence-electron chi connectivity index (χ3n) is 3.45. The van der Waals surface area contributed by atoms with E-state index >= 15 is 0 Å². The van der Waals surface area contributed by atoms with Crippen molar-refractivity contribution < 1.29 is 4.79 Å². The van der Waals surface area contributed by atoms with Crippen molar-refractivity contribution in [3.63, 3.8) is 0 Å². The summed E-state index contributed by atoms with van der Waals surface area (Å²) in [6, 6.07) is 4.50. The number of amides is 1. The van der Waals surface area contributed by atoms with Gasteiger partial charge in [0.1, 0.15) is 6.17 Å². The number of nitrogens with zero attached hydrogens (tertiary/aromatic N) is 1. The molecule has 2 rings (SSSR count). The molecule has 1 saturated heterocycles. The van der Waals surface area contributed by atoms with Gasteiger partial charge in [0, 0.05) is 15.8 Å². The van der Waals surface area contributed by atoms with Crippen LogP contribution in [0.5, 0.6) is 0 Å². The van der Waals surface area contributed by atoms with Crippen molar-refractivity contribution in [1.29, 1.82) is 0 Å². The number of nitrogens with one attached hydrogen (secondary N) is 1. The molecular weight excluding hydrogens is 232 g/mol. The van der Waals surface area contributed by atoms with E-state index in [2.05, 4.69) is 45.1 Å². The fraction of sp³-hybridized carbons (Fsp3) is 0.615. The first-order valence-electron chi connectivity index (χ1n) is 6.11. The van der Waals surface area contributed by atoms with Crippen molar-refractivity contribution in [2.24, 2.45) is 5.92 Å². The van der Waals surface area contributed by atoms with Gasteiger partial charge in [-0.3, -0.25) is 10.1 Å². The Balaban J connectivity index is 2.25. The maximum Gasteiger partial charge on any atom is 0.238 e. The number of thiophene rings is 1. The van der Waals surface area contributed by atoms with Crippen molar-refractivity contribution in [3.05, 3.63) is 21.9 Å². The summed E-state index contributed by atoms with van der Waals surface area (Å²) in [7, 11) is 0. The average molecular weight is 252 g/mol. The van der Waals surface area contributed by atoms with Gasteiger partial charge in [0.05, 0.1) is 6.54 Å². The van der Waals surface area contributed by atoms with Gasteiger partial charge < -0.3 is 4.90 Å². The highest BCUT2D eigenvalue weighted by molar-refractivity contribution is 7.12. The second-order valence-corrected chi connectivity index (χ2v) is 6.34. The second kappa shape index (κ2) is 4.78. The molecule has 1 aliphatic rings. The van der Waals surface area contributed by atoms with Gasteiger partial charge in [-0.2, -0.15) is 0 Å². The fourth-order valence-electron chi connectivity index (χ4n) is 2.14. The highest BCUT2D eigenvalue weighted by atomic mass is 32.1. The molecule has 0 bridgehead atoms. The predicted molar refractivity (Wildman–Crippen MR) is 70.9 cm³/mol. The zero-order chi connectivity index (χ0) is 12.6. The minimum atomic E-state index is 0.0681. The first-order chi connectivity index (χ1) is 8.00. The Hall–Kier alpha value is -0.870. The van der Waals surface area contributed by atoms with Crippen LogP contribution in [0.3, 0.4) is 0 Å². The van der Waals surface area contributed by atoms with Gasteiger partial charge >= 0.3 is 0 Å². The van der Waals surface area contributed by atoms with Gasteiger partial charge in [-0.25, -0.2) is 0 Å². The average Bonchev–Trinajstić information content (AvgIpc) is 2.83. The largest absolute Gasteiger partial charge is 0.318 e. The van der Waals surface area contributed by atoms with Crippen LogP contribution in [0.25, 0.3) is 0 Å². The highest BCUT2D eigenvalue weighted by Crippen LogP contribution is 2.31. The molecule has 0 aromatic carbocycles. The summed E-state index contributed by atoms with van der Waals surface area (Å²) >= 11 is 1.76. The lowest BCUT2D eigenvalue weighted by Crippen LogP contribution is -2.40. The zero-order valence-corrected chi connectivity index (χ0v) is 11.7. The number of rotatable bonds is 3. The third kappa shape index (κ3) is 2.38. The second-order valence-electron chi connectivity index (χ2n) is 5.02. The van der Waals surface area contributed by atoms with Crippen molar-refractivity contribution in [2.75, 3.05) is 6.54 Å². The molecule has 4 heteroatoms. The maximum absolute atomic E-state index is 12.0. The lowest BCUT2D eigenvalue weighted by molar-refractivity contribution is -0.130. The van der Waals surface area contributed by atoms with Crippen LogP contribution in [0.4, 0.5) is 0 Å². The molecule has 2 unspecified atom stereocenters. The van der Waals surface area contributed by atoms with Gasteiger partial charge in [0.2, 0.25) is 5.91 Å². The lowest BCUT2D eigenvalue weighted by atomic mass is 10.0. The van der Waals surface area contributed by atoms with Crippen LogP contribution in [0, 0.1) is 12.8 Å². The molecule has 1 aromatic rings. The van der Waals surface area contributed by atoms with Crippen LogP contribution < -0.4 is 5.32 Å². The Bertz CT molecular complexity index is 413. The molecular formula is C13H20N2OS. The molecule has 2 atom stereocenters. The van der Waals surface area contributed by atoms with Crippen molar-refractivity contribution in [3.8, 4) is 0 Å². The van der Waals surface area contributed by atoms with Crippen LogP contribution in [0.1, 0.15) is 36.7 Å². The van der Waals surface area contributed by atoms with E-state index < -0.39 is 0 Å². The first-order valence-corrected chi connectivity index (χ1v) is 6.93. The zero-order valence-electron chi connectivity index (χ0n) is 10.9. The minimum absolute atomic E-state index is 0.0681. The topological polar surface area (TPSA) is 32.3 Å². The Kier molecular flexibility index (Phi) is 3.54. The van der Waals surface area contributed by atoms with Crippen LogP contribution in [-0.4, -0.2) is 23.4 Å². The van der Waals surface area contributed by atoms with Gasteiger partial charge in [-0.1, -0.05) is 13.8 Å². The summed E-state index contributed by atoms with van der Waals surface area (Å²) in [6.45, 7) is 9.00. The Labute approximate surface area is 107 Å². The summed E-state index contributed by atoms with van der Waals surface area (Å²) in [5.74, 6) is 0.685. The van der Waals surface area contributed by atoms with E-state index in [1.165, 1.54) is 9.75 Å². The smallest absolute Gasteiger partial charge is 0.238 e. The molecule has 17 heavy (non-hydrogen) atoms. The van der Waals surface area contributed by atoms with Crippen LogP contribution >= 0.6 is 11.3 Å². The normalized spacial score (nSPS) is 22.5.